The molecule has 2 spiro atoms. The predicted octanol–water partition coefficient (Wildman–Crippen LogP) is 4.95. The molecule has 1 aromatic heterocycles. The smallest absolute Gasteiger partial charge is 0.432 e. The summed E-state index contributed by atoms with van der Waals surface area (Å²) >= 11 is 0. The van der Waals surface area contributed by atoms with Crippen molar-refractivity contribution in [3.05, 3.63) is 12.3 Å². The fourth-order valence-corrected chi connectivity index (χ4v) is 5.24. The van der Waals surface area contributed by atoms with E-state index in [-0.39, 0.29) is 0 Å². The highest BCUT2D eigenvalue weighted by atomic mass is 16.5. The number of nitrogens with zero attached hydrogens (tertiary/aromatic N) is 2. The van der Waals surface area contributed by atoms with Crippen molar-refractivity contribution in [3.63, 3.8) is 0 Å². The molecular formula is C20H30N2O3. The van der Waals surface area contributed by atoms with E-state index in [4.69, 9.17) is 9.84 Å². The number of aromatic nitrogens is 2. The molecule has 0 bridgehead atoms. The molecule has 3 unspecified atom stereocenters. The molecule has 3 aliphatic rings. The van der Waals surface area contributed by atoms with Gasteiger partial charge in [0.15, 0.2) is 0 Å². The van der Waals surface area contributed by atoms with Crippen LogP contribution in [0.2, 0.25) is 0 Å². The third-order valence-electron chi connectivity index (χ3n) is 7.07. The van der Waals surface area contributed by atoms with Crippen LogP contribution >= 0.6 is 0 Å². The molecule has 4 rings (SSSR count). The monoisotopic (exact) mass is 346 g/mol. The van der Waals surface area contributed by atoms with Gasteiger partial charge in [-0.25, -0.2) is 4.79 Å². The summed E-state index contributed by atoms with van der Waals surface area (Å²) in [6.07, 6.45) is 14.0. The topological polar surface area (TPSA) is 64.3 Å². The van der Waals surface area contributed by atoms with Gasteiger partial charge in [0.05, 0.1) is 6.61 Å². The van der Waals surface area contributed by atoms with Gasteiger partial charge in [-0.1, -0.05) is 39.0 Å². The first-order valence-corrected chi connectivity index (χ1v) is 9.98. The molecular weight excluding hydrogens is 316 g/mol. The van der Waals surface area contributed by atoms with Crippen molar-refractivity contribution in [1.82, 2.24) is 9.78 Å². The van der Waals surface area contributed by atoms with Gasteiger partial charge in [-0.05, 0) is 54.8 Å². The minimum Gasteiger partial charge on any atom is -0.477 e. The molecule has 0 saturated heterocycles. The Bertz CT molecular complexity index is 637. The quantitative estimate of drug-likeness (QED) is 0.608. The van der Waals surface area contributed by atoms with Crippen LogP contribution in [0, 0.1) is 22.7 Å². The molecule has 0 aliphatic heterocycles. The van der Waals surface area contributed by atoms with E-state index in [1.165, 1.54) is 51.1 Å². The Kier molecular flexibility index (Phi) is 4.28. The van der Waals surface area contributed by atoms with Crippen molar-refractivity contribution >= 4 is 6.09 Å². The van der Waals surface area contributed by atoms with Gasteiger partial charge in [-0.3, -0.25) is 0 Å². The Morgan fingerprint density at radius 2 is 2.12 bits per heavy atom. The number of rotatable bonds is 10. The van der Waals surface area contributed by atoms with Gasteiger partial charge < -0.3 is 9.84 Å². The number of carboxylic acid groups (broad SMARTS) is 1. The van der Waals surface area contributed by atoms with E-state index in [1.54, 1.807) is 18.9 Å². The van der Waals surface area contributed by atoms with Crippen LogP contribution in [-0.4, -0.2) is 27.6 Å². The summed E-state index contributed by atoms with van der Waals surface area (Å²) in [6.45, 7) is 3.09. The predicted molar refractivity (Wildman–Crippen MR) is 94.8 cm³/mol. The van der Waals surface area contributed by atoms with Gasteiger partial charge in [0.2, 0.25) is 5.88 Å². The van der Waals surface area contributed by atoms with E-state index in [2.05, 4.69) is 12.0 Å². The zero-order valence-electron chi connectivity index (χ0n) is 15.2. The molecule has 3 saturated carbocycles. The first kappa shape index (κ1) is 16.9. The maximum atomic E-state index is 10.7. The normalized spacial score (nSPS) is 28.9. The first-order chi connectivity index (χ1) is 12.1. The van der Waals surface area contributed by atoms with E-state index >= 15 is 0 Å². The molecule has 1 heterocycles. The van der Waals surface area contributed by atoms with Gasteiger partial charge in [0.1, 0.15) is 0 Å². The summed E-state index contributed by atoms with van der Waals surface area (Å²) in [5.74, 6) is 2.39. The van der Waals surface area contributed by atoms with Crippen molar-refractivity contribution in [2.45, 2.75) is 71.1 Å². The average molecular weight is 346 g/mol. The fraction of sp³-hybridized carbons (Fsp3) is 0.800. The van der Waals surface area contributed by atoms with Crippen LogP contribution in [0.15, 0.2) is 12.3 Å². The van der Waals surface area contributed by atoms with Crippen LogP contribution < -0.4 is 4.74 Å². The number of carbonyl (C=O) groups is 1. The largest absolute Gasteiger partial charge is 0.477 e. The second kappa shape index (κ2) is 6.33. The third kappa shape index (κ3) is 3.30. The number of hydrogen-bond donors (Lipinski definition) is 1. The van der Waals surface area contributed by atoms with Gasteiger partial charge in [-0.2, -0.15) is 4.68 Å². The molecule has 5 nitrogen and oxygen atoms in total. The standard InChI is InChI=1S/C20H30N2O3/c1-15(16-13-20(16)14-19(20)9-10-19)7-5-3-2-4-6-12-25-17-8-11-22(21-17)18(23)24/h8,11,15-16H,2-7,9-10,12-14H2,1H3,(H,23,24). The highest BCUT2D eigenvalue weighted by Crippen LogP contribution is 2.92. The minimum atomic E-state index is -1.09. The molecule has 0 radical (unpaired) electrons. The molecule has 3 atom stereocenters. The lowest BCUT2D eigenvalue weighted by atomic mass is 9.95. The lowest BCUT2D eigenvalue weighted by Gasteiger charge is -2.11. The van der Waals surface area contributed by atoms with Crippen LogP contribution in [-0.2, 0) is 0 Å². The van der Waals surface area contributed by atoms with Crippen molar-refractivity contribution in [2.24, 2.45) is 22.7 Å². The molecule has 138 valence electrons. The third-order valence-corrected chi connectivity index (χ3v) is 7.07. The summed E-state index contributed by atoms with van der Waals surface area (Å²) in [5.41, 5.74) is 1.74. The Balaban J connectivity index is 1.00. The van der Waals surface area contributed by atoms with E-state index in [9.17, 15) is 4.79 Å². The van der Waals surface area contributed by atoms with E-state index in [0.29, 0.717) is 12.5 Å². The maximum Gasteiger partial charge on any atom is 0.432 e. The summed E-state index contributed by atoms with van der Waals surface area (Å²) in [6, 6.07) is 1.59. The molecule has 3 aliphatic carbocycles. The average Bonchev–Trinajstić information content (AvgIpc) is 3.54. The highest BCUT2D eigenvalue weighted by Gasteiger charge is 2.83. The summed E-state index contributed by atoms with van der Waals surface area (Å²) in [7, 11) is 0. The van der Waals surface area contributed by atoms with Crippen molar-refractivity contribution in [2.75, 3.05) is 6.61 Å². The Labute approximate surface area is 149 Å². The summed E-state index contributed by atoms with van der Waals surface area (Å²) in [4.78, 5) is 10.7. The minimum absolute atomic E-state index is 0.392. The number of hydrogen-bond acceptors (Lipinski definition) is 3. The fourth-order valence-electron chi connectivity index (χ4n) is 5.24. The summed E-state index contributed by atoms with van der Waals surface area (Å²) in [5, 5.41) is 12.6. The molecule has 1 N–H and O–H groups in total. The highest BCUT2D eigenvalue weighted by molar-refractivity contribution is 5.66. The number of fused-ring (bicyclic) bond motifs is 1. The Morgan fingerprint density at radius 1 is 1.36 bits per heavy atom. The molecule has 25 heavy (non-hydrogen) atoms. The van der Waals surface area contributed by atoms with Crippen LogP contribution in [0.5, 0.6) is 5.88 Å². The van der Waals surface area contributed by atoms with Crippen LogP contribution in [0.1, 0.15) is 71.1 Å². The van der Waals surface area contributed by atoms with Gasteiger partial charge in [-0.15, -0.1) is 5.10 Å². The second-order valence-electron chi connectivity index (χ2n) is 8.69. The lowest BCUT2D eigenvalue weighted by Crippen LogP contribution is -2.08. The molecule has 0 aromatic carbocycles. The number of unbranched alkanes of at least 4 members (excludes halogenated alkanes) is 4. The molecule has 1 aromatic rings. The first-order valence-electron chi connectivity index (χ1n) is 9.98. The van der Waals surface area contributed by atoms with Crippen molar-refractivity contribution in [1.29, 1.82) is 0 Å². The summed E-state index contributed by atoms with van der Waals surface area (Å²) < 4.78 is 6.35. The van der Waals surface area contributed by atoms with Gasteiger partial charge in [0, 0.05) is 12.3 Å². The van der Waals surface area contributed by atoms with E-state index < -0.39 is 6.09 Å². The van der Waals surface area contributed by atoms with E-state index in [1.807, 2.05) is 0 Å². The lowest BCUT2D eigenvalue weighted by molar-refractivity contribution is 0.191. The Hall–Kier alpha value is -1.52. The molecule has 5 heteroatoms. The van der Waals surface area contributed by atoms with Gasteiger partial charge in [0.25, 0.3) is 0 Å². The Morgan fingerprint density at radius 3 is 2.80 bits per heavy atom. The van der Waals surface area contributed by atoms with Crippen molar-refractivity contribution < 1.29 is 14.6 Å². The van der Waals surface area contributed by atoms with Crippen LogP contribution in [0.25, 0.3) is 0 Å². The van der Waals surface area contributed by atoms with E-state index in [0.717, 1.165) is 33.8 Å². The zero-order valence-corrected chi connectivity index (χ0v) is 15.2. The maximum absolute atomic E-state index is 10.7. The van der Waals surface area contributed by atoms with Crippen molar-refractivity contribution in [3.8, 4) is 5.88 Å². The number of ether oxygens (including phenoxy) is 1. The zero-order chi connectivity index (χ0) is 17.5. The van der Waals surface area contributed by atoms with Gasteiger partial charge >= 0.3 is 6.09 Å². The van der Waals surface area contributed by atoms with Crippen LogP contribution in [0.4, 0.5) is 4.79 Å². The molecule has 3 fully saturated rings. The SMILES string of the molecule is CC(CCCCCCCOc1ccn(C(=O)O)n1)C1CC12CC21CC1. The molecule has 0 amide bonds. The van der Waals surface area contributed by atoms with Crippen LogP contribution in [0.3, 0.4) is 0 Å². The second-order valence-corrected chi connectivity index (χ2v) is 8.69.